The monoisotopic (exact) mass is 387 g/mol. The number of hydrogen-bond donors (Lipinski definition) is 0. The number of hydrogen-bond acceptors (Lipinski definition) is 8. The maximum atomic E-state index is 12.0. The summed E-state index contributed by atoms with van der Waals surface area (Å²) in [7, 11) is 0. The Labute approximate surface area is 159 Å². The standard InChI is InChI=1S/C19H17NO8/c1-12(21)13-3-2-4-17(7-13)26-10-18(22)27-9-15-6-16(20(23)24)5-14-8-25-11-28-19(14)15/h2-7H,8-11H2,1H3. The van der Waals surface area contributed by atoms with Crippen LogP contribution < -0.4 is 9.47 Å². The number of Topliss-reactive ketones (excluding diaryl/α,β-unsaturated/α-hetero) is 1. The van der Waals surface area contributed by atoms with Crippen LogP contribution in [0, 0.1) is 10.1 Å². The molecule has 0 fully saturated rings. The Kier molecular flexibility index (Phi) is 5.85. The first-order chi connectivity index (χ1) is 13.4. The average Bonchev–Trinajstić information content (AvgIpc) is 2.70. The average molecular weight is 387 g/mol. The molecule has 0 radical (unpaired) electrons. The number of esters is 1. The second-order valence-electron chi connectivity index (χ2n) is 5.99. The Morgan fingerprint density at radius 1 is 1.25 bits per heavy atom. The van der Waals surface area contributed by atoms with E-state index in [1.54, 1.807) is 18.2 Å². The van der Waals surface area contributed by atoms with E-state index < -0.39 is 10.9 Å². The van der Waals surface area contributed by atoms with Crippen molar-refractivity contribution in [3.63, 3.8) is 0 Å². The van der Waals surface area contributed by atoms with Crippen molar-refractivity contribution in [2.24, 2.45) is 0 Å². The molecule has 0 N–H and O–H groups in total. The number of nitrogens with zero attached hydrogens (tertiary/aromatic N) is 1. The van der Waals surface area contributed by atoms with Gasteiger partial charge in [0.2, 0.25) is 0 Å². The van der Waals surface area contributed by atoms with E-state index in [9.17, 15) is 19.7 Å². The van der Waals surface area contributed by atoms with Crippen molar-refractivity contribution < 1.29 is 33.5 Å². The number of rotatable bonds is 7. The normalized spacial score (nSPS) is 12.5. The Bertz CT molecular complexity index is 924. The van der Waals surface area contributed by atoms with Crippen LogP contribution in [0.15, 0.2) is 36.4 Å². The number of ketones is 1. The van der Waals surface area contributed by atoms with E-state index in [2.05, 4.69) is 0 Å². The highest BCUT2D eigenvalue weighted by molar-refractivity contribution is 5.94. The lowest BCUT2D eigenvalue weighted by atomic mass is 10.1. The molecule has 1 aliphatic rings. The van der Waals surface area contributed by atoms with E-state index in [-0.39, 0.29) is 38.1 Å². The number of non-ortho nitro benzene ring substituents is 1. The van der Waals surface area contributed by atoms with Gasteiger partial charge < -0.3 is 18.9 Å². The van der Waals surface area contributed by atoms with E-state index in [0.29, 0.717) is 28.2 Å². The molecule has 0 unspecified atom stereocenters. The molecule has 2 aromatic carbocycles. The Morgan fingerprint density at radius 3 is 2.82 bits per heavy atom. The van der Waals surface area contributed by atoms with E-state index in [0.717, 1.165) is 0 Å². The fourth-order valence-electron chi connectivity index (χ4n) is 2.64. The van der Waals surface area contributed by atoms with Gasteiger partial charge >= 0.3 is 5.97 Å². The highest BCUT2D eigenvalue weighted by Crippen LogP contribution is 2.33. The van der Waals surface area contributed by atoms with Gasteiger partial charge in [-0.3, -0.25) is 14.9 Å². The molecular formula is C19H17NO8. The smallest absolute Gasteiger partial charge is 0.344 e. The van der Waals surface area contributed by atoms with E-state index >= 15 is 0 Å². The van der Waals surface area contributed by atoms with Crippen molar-refractivity contribution in [2.75, 3.05) is 13.4 Å². The number of carbonyl (C=O) groups excluding carboxylic acids is 2. The van der Waals surface area contributed by atoms with Gasteiger partial charge in [-0.15, -0.1) is 0 Å². The number of ether oxygens (including phenoxy) is 4. The van der Waals surface area contributed by atoms with Crippen LogP contribution in [0.25, 0.3) is 0 Å². The molecule has 3 rings (SSSR count). The summed E-state index contributed by atoms with van der Waals surface area (Å²) in [6.07, 6.45) is 0. The number of nitro benzene ring substituents is 1. The van der Waals surface area contributed by atoms with E-state index in [4.69, 9.17) is 18.9 Å². The summed E-state index contributed by atoms with van der Waals surface area (Å²) in [5.41, 5.74) is 1.22. The van der Waals surface area contributed by atoms with Crippen molar-refractivity contribution in [2.45, 2.75) is 20.1 Å². The first-order valence-electron chi connectivity index (χ1n) is 8.34. The zero-order valence-corrected chi connectivity index (χ0v) is 15.0. The summed E-state index contributed by atoms with van der Waals surface area (Å²) in [5.74, 6) is -0.00872. The summed E-state index contributed by atoms with van der Waals surface area (Å²) in [6, 6.07) is 9.10. The zero-order valence-electron chi connectivity index (χ0n) is 15.0. The number of carbonyl (C=O) groups is 2. The second-order valence-corrected chi connectivity index (χ2v) is 5.99. The van der Waals surface area contributed by atoms with Gasteiger partial charge in [-0.25, -0.2) is 4.79 Å². The molecule has 0 saturated carbocycles. The van der Waals surface area contributed by atoms with Crippen molar-refractivity contribution in [1.29, 1.82) is 0 Å². The molecule has 1 aliphatic heterocycles. The third-order valence-corrected chi connectivity index (χ3v) is 3.97. The molecule has 0 aromatic heterocycles. The second kappa shape index (κ2) is 8.49. The molecule has 9 heteroatoms. The quantitative estimate of drug-likeness (QED) is 0.308. The van der Waals surface area contributed by atoms with Crippen LogP contribution in [0.3, 0.4) is 0 Å². The van der Waals surface area contributed by atoms with Gasteiger partial charge in [-0.2, -0.15) is 0 Å². The molecule has 0 bridgehead atoms. The lowest BCUT2D eigenvalue weighted by Gasteiger charge is -2.20. The van der Waals surface area contributed by atoms with Crippen LogP contribution in [-0.2, 0) is 27.5 Å². The minimum Gasteiger partial charge on any atom is -0.482 e. The highest BCUT2D eigenvalue weighted by Gasteiger charge is 2.21. The summed E-state index contributed by atoms with van der Waals surface area (Å²) >= 11 is 0. The lowest BCUT2D eigenvalue weighted by Crippen LogP contribution is -2.17. The third kappa shape index (κ3) is 4.63. The molecule has 1 heterocycles. The third-order valence-electron chi connectivity index (χ3n) is 3.97. The van der Waals surface area contributed by atoms with Crippen LogP contribution in [0.1, 0.15) is 28.4 Å². The van der Waals surface area contributed by atoms with Crippen LogP contribution in [0.2, 0.25) is 0 Å². The van der Waals surface area contributed by atoms with Crippen LogP contribution in [-0.4, -0.2) is 30.1 Å². The summed E-state index contributed by atoms with van der Waals surface area (Å²) in [5, 5.41) is 11.1. The maximum absolute atomic E-state index is 12.0. The molecule has 2 aromatic rings. The molecular weight excluding hydrogens is 370 g/mol. The molecule has 0 atom stereocenters. The Hall–Kier alpha value is -3.46. The maximum Gasteiger partial charge on any atom is 0.344 e. The van der Waals surface area contributed by atoms with Gasteiger partial charge in [0.1, 0.15) is 18.1 Å². The first-order valence-corrected chi connectivity index (χ1v) is 8.34. The fraction of sp³-hybridized carbons (Fsp3) is 0.263. The minimum atomic E-state index is -0.666. The lowest BCUT2D eigenvalue weighted by molar-refractivity contribution is -0.385. The van der Waals surface area contributed by atoms with Gasteiger partial charge in [-0.05, 0) is 19.1 Å². The predicted molar refractivity (Wildman–Crippen MR) is 95.1 cm³/mol. The van der Waals surface area contributed by atoms with Gasteiger partial charge in [0.25, 0.3) is 5.69 Å². The topological polar surface area (TPSA) is 114 Å². The first kappa shape index (κ1) is 19.3. The zero-order chi connectivity index (χ0) is 20.1. The van der Waals surface area contributed by atoms with Crippen LogP contribution in [0.4, 0.5) is 5.69 Å². The number of nitro groups is 1. The molecule has 0 aliphatic carbocycles. The minimum absolute atomic E-state index is 0.0152. The van der Waals surface area contributed by atoms with Gasteiger partial charge in [0, 0.05) is 28.8 Å². The molecule has 9 nitrogen and oxygen atoms in total. The van der Waals surface area contributed by atoms with Gasteiger partial charge in [0.05, 0.1) is 11.5 Å². The summed E-state index contributed by atoms with van der Waals surface area (Å²) in [6.45, 7) is 1.04. The fourth-order valence-corrected chi connectivity index (χ4v) is 2.64. The Balaban J connectivity index is 1.63. The van der Waals surface area contributed by atoms with Crippen LogP contribution >= 0.6 is 0 Å². The number of fused-ring (bicyclic) bond motifs is 1. The highest BCUT2D eigenvalue weighted by atomic mass is 16.7. The van der Waals surface area contributed by atoms with Crippen molar-refractivity contribution in [3.8, 4) is 11.5 Å². The summed E-state index contributed by atoms with van der Waals surface area (Å²) < 4.78 is 21.0. The molecule has 146 valence electrons. The molecule has 28 heavy (non-hydrogen) atoms. The van der Waals surface area contributed by atoms with Crippen molar-refractivity contribution in [3.05, 3.63) is 63.2 Å². The molecule has 0 amide bonds. The van der Waals surface area contributed by atoms with Gasteiger partial charge in [0.15, 0.2) is 19.2 Å². The SMILES string of the molecule is CC(=O)c1cccc(OCC(=O)OCc2cc([N+](=O)[O-])cc3c2OCOC3)c1. The number of benzene rings is 2. The largest absolute Gasteiger partial charge is 0.482 e. The van der Waals surface area contributed by atoms with Crippen LogP contribution in [0.5, 0.6) is 11.5 Å². The Morgan fingerprint density at radius 2 is 2.07 bits per heavy atom. The van der Waals surface area contributed by atoms with Gasteiger partial charge in [-0.1, -0.05) is 12.1 Å². The van der Waals surface area contributed by atoms with E-state index in [1.807, 2.05) is 0 Å². The van der Waals surface area contributed by atoms with Crippen molar-refractivity contribution >= 4 is 17.4 Å². The van der Waals surface area contributed by atoms with Crippen molar-refractivity contribution in [1.82, 2.24) is 0 Å². The predicted octanol–water partition coefficient (Wildman–Crippen LogP) is 2.79. The molecule has 0 spiro atoms. The molecule has 0 saturated heterocycles. The van der Waals surface area contributed by atoms with E-state index in [1.165, 1.54) is 25.1 Å². The summed E-state index contributed by atoms with van der Waals surface area (Å²) in [4.78, 5) is 33.9.